The number of benzene rings is 3. The van der Waals surface area contributed by atoms with Gasteiger partial charge >= 0.3 is 0 Å². The Labute approximate surface area is 174 Å². The first-order valence-corrected chi connectivity index (χ1v) is 9.57. The molecule has 0 saturated heterocycles. The molecule has 0 atom stereocenters. The van der Waals surface area contributed by atoms with Crippen molar-refractivity contribution in [3.05, 3.63) is 83.4 Å². The Kier molecular flexibility index (Phi) is 5.40. The van der Waals surface area contributed by atoms with Crippen molar-refractivity contribution in [1.82, 2.24) is 9.97 Å². The summed E-state index contributed by atoms with van der Waals surface area (Å²) in [4.78, 5) is 11.3. The van der Waals surface area contributed by atoms with E-state index in [4.69, 9.17) is 11.6 Å². The zero-order chi connectivity index (χ0) is 20.2. The van der Waals surface area contributed by atoms with Crippen LogP contribution in [0.5, 0.6) is 0 Å². The van der Waals surface area contributed by atoms with E-state index in [-0.39, 0.29) is 0 Å². The highest BCUT2D eigenvalue weighted by Gasteiger charge is 2.10. The minimum absolute atomic E-state index is 0.430. The molecular weight excluding hydrogens is 382 g/mol. The van der Waals surface area contributed by atoms with Crippen LogP contribution in [0.3, 0.4) is 0 Å². The van der Waals surface area contributed by atoms with E-state index < -0.39 is 0 Å². The summed E-state index contributed by atoms with van der Waals surface area (Å²) in [5.41, 5.74) is 7.68. The maximum absolute atomic E-state index is 6.20. The van der Waals surface area contributed by atoms with Crippen molar-refractivity contribution >= 4 is 40.4 Å². The van der Waals surface area contributed by atoms with E-state index in [0.29, 0.717) is 11.0 Å². The van der Waals surface area contributed by atoms with E-state index >= 15 is 0 Å². The summed E-state index contributed by atoms with van der Waals surface area (Å²) < 4.78 is 0. The number of anilines is 2. The number of hydrogen-bond acceptors (Lipinski definition) is 5. The third kappa shape index (κ3) is 4.36. The van der Waals surface area contributed by atoms with Crippen LogP contribution in [0, 0.1) is 0 Å². The lowest BCUT2D eigenvalue weighted by Gasteiger charge is -2.11. The van der Waals surface area contributed by atoms with Crippen LogP contribution in [0.4, 0.5) is 11.6 Å². The summed E-state index contributed by atoms with van der Waals surface area (Å²) in [5.74, 6) is 0.430. The highest BCUT2D eigenvalue weighted by Crippen LogP contribution is 2.29. The number of nitrogens with one attached hydrogen (secondary N) is 1. The van der Waals surface area contributed by atoms with Crippen LogP contribution in [-0.2, 0) is 0 Å². The first kappa shape index (κ1) is 18.9. The second-order valence-corrected chi connectivity index (χ2v) is 7.22. The number of aromatic nitrogens is 2. The van der Waals surface area contributed by atoms with Crippen LogP contribution in [-0.4, -0.2) is 30.3 Å². The molecule has 0 radical (unpaired) electrons. The van der Waals surface area contributed by atoms with Gasteiger partial charge in [-0.25, -0.2) is 15.4 Å². The second kappa shape index (κ2) is 8.29. The van der Waals surface area contributed by atoms with Crippen molar-refractivity contribution in [2.45, 2.75) is 0 Å². The normalized spacial score (nSPS) is 11.1. The van der Waals surface area contributed by atoms with E-state index in [0.717, 1.165) is 33.4 Å². The quantitative estimate of drug-likeness (QED) is 0.356. The minimum Gasteiger partial charge on any atom is -0.378 e. The number of hydrogen-bond donors (Lipinski definition) is 1. The van der Waals surface area contributed by atoms with Crippen molar-refractivity contribution in [3.8, 4) is 11.3 Å². The van der Waals surface area contributed by atoms with E-state index in [1.165, 1.54) is 0 Å². The molecule has 0 spiro atoms. The molecule has 0 fully saturated rings. The molecule has 0 aliphatic heterocycles. The number of rotatable bonds is 5. The van der Waals surface area contributed by atoms with Gasteiger partial charge in [-0.2, -0.15) is 5.10 Å². The third-order valence-corrected chi connectivity index (χ3v) is 4.73. The van der Waals surface area contributed by atoms with Gasteiger partial charge in [-0.15, -0.1) is 0 Å². The molecule has 1 heterocycles. The number of nitrogens with zero attached hydrogens (tertiary/aromatic N) is 4. The van der Waals surface area contributed by atoms with Gasteiger partial charge < -0.3 is 4.90 Å². The van der Waals surface area contributed by atoms with Crippen LogP contribution < -0.4 is 10.3 Å². The average molecular weight is 402 g/mol. The molecule has 5 nitrogen and oxygen atoms in total. The molecule has 0 amide bonds. The maximum Gasteiger partial charge on any atom is 0.244 e. The zero-order valence-electron chi connectivity index (χ0n) is 16.2. The van der Waals surface area contributed by atoms with Crippen LogP contribution in [0.15, 0.2) is 77.9 Å². The Morgan fingerprint density at radius 3 is 2.41 bits per heavy atom. The molecule has 1 aromatic heterocycles. The van der Waals surface area contributed by atoms with Gasteiger partial charge in [-0.1, -0.05) is 54.1 Å². The molecule has 4 aromatic rings. The monoisotopic (exact) mass is 401 g/mol. The molecule has 4 rings (SSSR count). The largest absolute Gasteiger partial charge is 0.378 e. The molecule has 0 unspecified atom stereocenters. The summed E-state index contributed by atoms with van der Waals surface area (Å²) in [5, 5.41) is 5.86. The molecular formula is C23H20ClN5. The van der Waals surface area contributed by atoms with Gasteiger partial charge in [0.05, 0.1) is 17.4 Å². The van der Waals surface area contributed by atoms with Gasteiger partial charge in [0.25, 0.3) is 0 Å². The summed E-state index contributed by atoms with van der Waals surface area (Å²) in [6, 6.07) is 23.7. The lowest BCUT2D eigenvalue weighted by atomic mass is 10.1. The van der Waals surface area contributed by atoms with E-state index in [9.17, 15) is 0 Å². The molecule has 1 N–H and O–H groups in total. The first-order chi connectivity index (χ1) is 14.1. The molecule has 29 heavy (non-hydrogen) atoms. The molecule has 0 aliphatic carbocycles. The Morgan fingerprint density at radius 2 is 1.69 bits per heavy atom. The van der Waals surface area contributed by atoms with Crippen molar-refractivity contribution < 1.29 is 0 Å². The fraction of sp³-hybridized carbons (Fsp3) is 0.0870. The predicted octanol–water partition coefficient (Wildman–Crippen LogP) is 5.46. The fourth-order valence-electron chi connectivity index (χ4n) is 2.99. The van der Waals surface area contributed by atoms with Crippen molar-refractivity contribution in [1.29, 1.82) is 0 Å². The second-order valence-electron chi connectivity index (χ2n) is 6.78. The Bertz CT molecular complexity index is 1160. The lowest BCUT2D eigenvalue weighted by molar-refractivity contribution is 1.13. The van der Waals surface area contributed by atoms with Gasteiger partial charge in [0.1, 0.15) is 0 Å². The average Bonchev–Trinajstić information content (AvgIpc) is 2.74. The van der Waals surface area contributed by atoms with Crippen molar-refractivity contribution in [2.24, 2.45) is 5.10 Å². The number of halogens is 1. The molecule has 0 aliphatic rings. The van der Waals surface area contributed by atoms with E-state index in [1.54, 1.807) is 6.21 Å². The molecule has 0 bridgehead atoms. The van der Waals surface area contributed by atoms with Crippen LogP contribution in [0.1, 0.15) is 5.56 Å². The predicted molar refractivity (Wildman–Crippen MR) is 122 cm³/mol. The van der Waals surface area contributed by atoms with Gasteiger partial charge in [-0.3, -0.25) is 0 Å². The summed E-state index contributed by atoms with van der Waals surface area (Å²) >= 11 is 6.20. The molecule has 0 saturated carbocycles. The van der Waals surface area contributed by atoms with Gasteiger partial charge in [-0.05, 0) is 35.9 Å². The van der Waals surface area contributed by atoms with E-state index in [2.05, 4.69) is 25.4 Å². The van der Waals surface area contributed by atoms with Crippen LogP contribution in [0.2, 0.25) is 5.02 Å². The van der Waals surface area contributed by atoms with Crippen molar-refractivity contribution in [2.75, 3.05) is 24.4 Å². The Morgan fingerprint density at radius 1 is 0.931 bits per heavy atom. The lowest BCUT2D eigenvalue weighted by Crippen LogP contribution is -2.08. The SMILES string of the molecule is CN(C)c1ccc(C=NNc2nc(-c3ccccc3)c3cc(Cl)ccc3n2)cc1. The Balaban J connectivity index is 1.65. The smallest absolute Gasteiger partial charge is 0.244 e. The van der Waals surface area contributed by atoms with Gasteiger partial charge in [0.2, 0.25) is 5.95 Å². The minimum atomic E-state index is 0.430. The standard InChI is InChI=1S/C23H20ClN5/c1-29(2)19-11-8-16(9-12-19)15-25-28-23-26-21-13-10-18(24)14-20(21)22(27-23)17-6-4-3-5-7-17/h3-15H,1-2H3,(H,26,27,28). The number of fused-ring (bicyclic) bond motifs is 1. The molecule has 144 valence electrons. The highest BCUT2D eigenvalue weighted by atomic mass is 35.5. The zero-order valence-corrected chi connectivity index (χ0v) is 16.9. The summed E-state index contributed by atoms with van der Waals surface area (Å²) in [6.07, 6.45) is 1.75. The maximum atomic E-state index is 6.20. The molecule has 6 heteroatoms. The van der Waals surface area contributed by atoms with Crippen molar-refractivity contribution in [3.63, 3.8) is 0 Å². The summed E-state index contributed by atoms with van der Waals surface area (Å²) in [6.45, 7) is 0. The molecule has 3 aromatic carbocycles. The van der Waals surface area contributed by atoms with Crippen LogP contribution >= 0.6 is 11.6 Å². The number of hydrazone groups is 1. The fourth-order valence-corrected chi connectivity index (χ4v) is 3.16. The summed E-state index contributed by atoms with van der Waals surface area (Å²) in [7, 11) is 4.03. The van der Waals surface area contributed by atoms with Crippen LogP contribution in [0.25, 0.3) is 22.2 Å². The van der Waals surface area contributed by atoms with Gasteiger partial charge in [0, 0.05) is 35.8 Å². The van der Waals surface area contributed by atoms with Gasteiger partial charge in [0.15, 0.2) is 0 Å². The third-order valence-electron chi connectivity index (χ3n) is 4.49. The topological polar surface area (TPSA) is 53.4 Å². The highest BCUT2D eigenvalue weighted by molar-refractivity contribution is 6.31. The Hall–Kier alpha value is -3.44. The van der Waals surface area contributed by atoms with E-state index in [1.807, 2.05) is 86.9 Å². The first-order valence-electron chi connectivity index (χ1n) is 9.19.